The lowest BCUT2D eigenvalue weighted by atomic mass is 9.48. The summed E-state index contributed by atoms with van der Waals surface area (Å²) in [5.41, 5.74) is 1.10. The Hall–Kier alpha value is -1.16. The molecule has 1 aromatic rings. The number of carbonyl (C=O) groups is 1. The third-order valence-electron chi connectivity index (χ3n) is 12.3. The van der Waals surface area contributed by atoms with Crippen molar-refractivity contribution in [2.75, 3.05) is 0 Å². The molecular weight excluding hydrogens is 384 g/mol. The zero-order chi connectivity index (χ0) is 21.6. The van der Waals surface area contributed by atoms with Crippen LogP contribution in [0.15, 0.2) is 12.5 Å². The highest BCUT2D eigenvalue weighted by molar-refractivity contribution is 5.95. The Morgan fingerprint density at radius 1 is 1.10 bits per heavy atom. The summed E-state index contributed by atoms with van der Waals surface area (Å²) < 4.78 is 2.06. The number of imidazole rings is 1. The highest BCUT2D eigenvalue weighted by Gasteiger charge is 3.05. The molecular formula is C27H38N2O2. The number of aryl methyl sites for hydroxylation is 1. The molecule has 1 N–H and O–H groups in total. The fourth-order valence-corrected chi connectivity index (χ4v) is 11.3. The van der Waals surface area contributed by atoms with E-state index in [4.69, 9.17) is 0 Å². The number of nitrogens with zero attached hydrogens (tertiary/aromatic N) is 2. The number of aromatic nitrogens is 2. The molecule has 7 fully saturated rings. The van der Waals surface area contributed by atoms with Crippen LogP contribution in [0.2, 0.25) is 0 Å². The lowest BCUT2D eigenvalue weighted by Crippen LogP contribution is -2.51. The van der Waals surface area contributed by atoms with Crippen LogP contribution in [-0.2, 0) is 11.3 Å². The Balaban J connectivity index is 1.19. The normalized spacial score (nSPS) is 58.0. The number of carbonyl (C=O) groups excluding carboxylic acids is 1. The Kier molecular flexibility index (Phi) is 3.42. The van der Waals surface area contributed by atoms with Crippen LogP contribution in [0.5, 0.6) is 0 Å². The van der Waals surface area contributed by atoms with Crippen LogP contribution in [0.25, 0.3) is 0 Å². The van der Waals surface area contributed by atoms with Crippen molar-refractivity contribution in [1.29, 1.82) is 0 Å². The molecule has 0 radical (unpaired) electrons. The van der Waals surface area contributed by atoms with Crippen LogP contribution in [0.1, 0.15) is 71.4 Å². The molecule has 0 saturated heterocycles. The fraction of sp³-hybridized carbons (Fsp3) is 0.852. The second-order valence-electron chi connectivity index (χ2n) is 13.2. The maximum atomic E-state index is 13.9. The summed E-state index contributed by atoms with van der Waals surface area (Å²) in [5.74, 6) is 5.96. The van der Waals surface area contributed by atoms with Gasteiger partial charge in [0.1, 0.15) is 0 Å². The zero-order valence-electron chi connectivity index (χ0n) is 19.6. The lowest BCUT2D eigenvalue weighted by Gasteiger charge is -2.56. The summed E-state index contributed by atoms with van der Waals surface area (Å²) in [7, 11) is 0. The van der Waals surface area contributed by atoms with Gasteiger partial charge in [-0.05, 0) is 111 Å². The van der Waals surface area contributed by atoms with Crippen molar-refractivity contribution in [3.63, 3.8) is 0 Å². The first-order valence-corrected chi connectivity index (χ1v) is 12.9. The maximum Gasteiger partial charge on any atom is 0.160 e. The molecule has 168 valence electrons. The molecule has 2 bridgehead atoms. The average molecular weight is 423 g/mol. The van der Waals surface area contributed by atoms with E-state index >= 15 is 0 Å². The van der Waals surface area contributed by atoms with E-state index in [1.807, 2.05) is 12.5 Å². The molecule has 0 aromatic carbocycles. The lowest BCUT2D eigenvalue weighted by molar-refractivity contribution is -0.137. The summed E-state index contributed by atoms with van der Waals surface area (Å²) in [6.07, 6.45) is 12.1. The number of rotatable bonds is 3. The van der Waals surface area contributed by atoms with Gasteiger partial charge in [0.2, 0.25) is 0 Å². The number of hydrogen-bond donors (Lipinski definition) is 1. The van der Waals surface area contributed by atoms with E-state index in [9.17, 15) is 9.90 Å². The van der Waals surface area contributed by atoms with Gasteiger partial charge in [-0.25, -0.2) is 4.98 Å². The van der Waals surface area contributed by atoms with Gasteiger partial charge in [0.25, 0.3) is 0 Å². The number of fused-ring (bicyclic) bond motifs is 3. The van der Waals surface area contributed by atoms with E-state index in [-0.39, 0.29) is 10.8 Å². The summed E-state index contributed by atoms with van der Waals surface area (Å²) in [6.45, 7) is 9.61. The molecule has 8 rings (SSSR count). The van der Waals surface area contributed by atoms with Gasteiger partial charge in [-0.1, -0.05) is 13.8 Å². The minimum atomic E-state index is -0.439. The summed E-state index contributed by atoms with van der Waals surface area (Å²) in [4.78, 5) is 18.1. The van der Waals surface area contributed by atoms with E-state index in [2.05, 4.69) is 37.2 Å². The molecule has 7 aliphatic rings. The van der Waals surface area contributed by atoms with E-state index in [0.717, 1.165) is 54.0 Å². The topological polar surface area (TPSA) is 55.1 Å². The van der Waals surface area contributed by atoms with Crippen LogP contribution in [0, 0.1) is 64.6 Å². The predicted molar refractivity (Wildman–Crippen MR) is 118 cm³/mol. The molecule has 11 atom stereocenters. The molecule has 11 unspecified atom stereocenters. The molecule has 1 aromatic heterocycles. The van der Waals surface area contributed by atoms with Gasteiger partial charge < -0.3 is 9.67 Å². The largest absolute Gasteiger partial charge is 0.390 e. The Labute approximate surface area is 186 Å². The van der Waals surface area contributed by atoms with Crippen LogP contribution in [0.3, 0.4) is 0 Å². The molecule has 7 saturated carbocycles. The zero-order valence-corrected chi connectivity index (χ0v) is 19.6. The van der Waals surface area contributed by atoms with E-state index in [1.54, 1.807) is 0 Å². The molecule has 4 nitrogen and oxygen atoms in total. The third-order valence-corrected chi connectivity index (χ3v) is 12.3. The second-order valence-corrected chi connectivity index (χ2v) is 13.2. The van der Waals surface area contributed by atoms with Crippen LogP contribution in [0.4, 0.5) is 0 Å². The molecule has 0 aliphatic heterocycles. The Morgan fingerprint density at radius 3 is 2.55 bits per heavy atom. The minimum Gasteiger partial charge on any atom is -0.390 e. The molecule has 1 heterocycles. The van der Waals surface area contributed by atoms with Crippen molar-refractivity contribution in [3.05, 3.63) is 18.2 Å². The summed E-state index contributed by atoms with van der Waals surface area (Å²) in [5, 5.41) is 10.7. The van der Waals surface area contributed by atoms with Crippen molar-refractivity contribution in [3.8, 4) is 0 Å². The smallest absolute Gasteiger partial charge is 0.160 e. The van der Waals surface area contributed by atoms with Gasteiger partial charge >= 0.3 is 0 Å². The number of Topliss-reactive ketones (excluding diaryl/α,β-unsaturated/α-hetero) is 1. The number of aliphatic hydroxyl groups is 1. The van der Waals surface area contributed by atoms with Crippen LogP contribution >= 0.6 is 0 Å². The molecule has 4 heteroatoms. The van der Waals surface area contributed by atoms with Gasteiger partial charge in [-0.3, -0.25) is 4.79 Å². The first-order chi connectivity index (χ1) is 14.7. The average Bonchev–Trinajstić information content (AvgIpc) is 3.29. The quantitative estimate of drug-likeness (QED) is 0.772. The monoisotopic (exact) mass is 422 g/mol. The third kappa shape index (κ3) is 1.96. The van der Waals surface area contributed by atoms with Gasteiger partial charge in [0.15, 0.2) is 5.78 Å². The number of hydrogen-bond acceptors (Lipinski definition) is 3. The first kappa shape index (κ1) is 19.3. The van der Waals surface area contributed by atoms with Crippen LogP contribution in [-0.4, -0.2) is 26.0 Å². The standard InChI is InChI=1S/C27H38N2O2/c1-15-12-28-14-29(15)13-20(30)27-23-22(26(23,27)4)21-19-6-5-16-11-24(2,31)9-7-17(16)18(19)8-10-25(21,27)3/h12,14,16-19,21-23,31H,5-11,13H2,1-4H3. The Morgan fingerprint density at radius 2 is 1.84 bits per heavy atom. The summed E-state index contributed by atoms with van der Waals surface area (Å²) >= 11 is 0. The van der Waals surface area contributed by atoms with Gasteiger partial charge in [-0.15, -0.1) is 0 Å². The van der Waals surface area contributed by atoms with E-state index < -0.39 is 5.60 Å². The van der Waals surface area contributed by atoms with Crippen molar-refractivity contribution in [2.45, 2.75) is 84.8 Å². The number of ketones is 1. The van der Waals surface area contributed by atoms with E-state index in [1.165, 1.54) is 32.1 Å². The molecule has 31 heavy (non-hydrogen) atoms. The maximum absolute atomic E-state index is 13.9. The molecule has 0 amide bonds. The van der Waals surface area contributed by atoms with Crippen molar-refractivity contribution in [1.82, 2.24) is 9.55 Å². The van der Waals surface area contributed by atoms with Crippen molar-refractivity contribution in [2.24, 2.45) is 57.7 Å². The van der Waals surface area contributed by atoms with E-state index in [0.29, 0.717) is 23.7 Å². The summed E-state index contributed by atoms with van der Waals surface area (Å²) in [6, 6.07) is 0. The van der Waals surface area contributed by atoms with Crippen LogP contribution < -0.4 is 0 Å². The van der Waals surface area contributed by atoms with Gasteiger partial charge in [-0.2, -0.15) is 0 Å². The van der Waals surface area contributed by atoms with Gasteiger partial charge in [0.05, 0.1) is 18.5 Å². The van der Waals surface area contributed by atoms with Gasteiger partial charge in [0, 0.05) is 17.3 Å². The van der Waals surface area contributed by atoms with Crippen molar-refractivity contribution < 1.29 is 9.90 Å². The second kappa shape index (κ2) is 5.48. The van der Waals surface area contributed by atoms with Crippen molar-refractivity contribution >= 4 is 5.78 Å². The minimum absolute atomic E-state index is 0.0515. The highest BCUT2D eigenvalue weighted by Crippen LogP contribution is 3.06. The fourth-order valence-electron chi connectivity index (χ4n) is 11.3. The first-order valence-electron chi connectivity index (χ1n) is 12.9. The SMILES string of the molecule is Cc1cncn1CC(=O)C12C3C(C4C5CCC6CC(C)(O)CCC6C5CCC41C)C32C. The highest BCUT2D eigenvalue weighted by atomic mass is 16.3. The molecule has 7 aliphatic carbocycles. The predicted octanol–water partition coefficient (Wildman–Crippen LogP) is 4.64. The Bertz CT molecular complexity index is 982. The molecule has 0 spiro atoms.